The van der Waals surface area contributed by atoms with E-state index in [1.165, 1.54) is 23.6 Å². The van der Waals surface area contributed by atoms with E-state index in [1.807, 2.05) is 26.1 Å². The van der Waals surface area contributed by atoms with Gasteiger partial charge in [0.05, 0.1) is 57.8 Å². The van der Waals surface area contributed by atoms with Crippen LogP contribution in [0.15, 0.2) is 70.7 Å². The largest absolute Gasteiger partial charge is 0.392 e. The van der Waals surface area contributed by atoms with Gasteiger partial charge in [-0.05, 0) is 59.1 Å². The fourth-order valence-corrected chi connectivity index (χ4v) is 5.41. The molecule has 13 heteroatoms. The first kappa shape index (κ1) is 28.5. The number of amides is 1. The van der Waals surface area contributed by atoms with Crippen molar-refractivity contribution < 1.29 is 4.79 Å². The molecule has 2 unspecified atom stereocenters. The van der Waals surface area contributed by atoms with Gasteiger partial charge >= 0.3 is 0 Å². The van der Waals surface area contributed by atoms with E-state index in [2.05, 4.69) is 36.3 Å². The average molecular weight is 639 g/mol. The first-order valence-electron chi connectivity index (χ1n) is 13.0. The molecule has 4 aromatic rings. The maximum Gasteiger partial charge on any atom is 0.254 e. The maximum absolute atomic E-state index is 13.7. The number of hydrogen-bond acceptors (Lipinski definition) is 8. The van der Waals surface area contributed by atoms with E-state index in [0.717, 1.165) is 11.3 Å². The van der Waals surface area contributed by atoms with Gasteiger partial charge in [0.1, 0.15) is 0 Å². The maximum atomic E-state index is 13.7. The van der Waals surface area contributed by atoms with E-state index in [4.69, 9.17) is 23.2 Å². The molecule has 0 aliphatic carbocycles. The summed E-state index contributed by atoms with van der Waals surface area (Å²) in [4.78, 5) is 35.8. The SMILES string of the molecule is CC1CCCC(n2cnc(-c3cc(Cl)ccc3N(N)/C=C(\N)Br)cc2=O)c2cc(ccn2)-c2c(cnn2C)NC1=O. The quantitative estimate of drug-likeness (QED) is 0.168. The number of fused-ring (bicyclic) bond motifs is 4. The summed E-state index contributed by atoms with van der Waals surface area (Å²) in [5.74, 6) is 5.90. The minimum atomic E-state index is -0.406. The van der Waals surface area contributed by atoms with Crippen molar-refractivity contribution in [2.24, 2.45) is 24.5 Å². The number of nitrogens with zero attached hydrogens (tertiary/aromatic N) is 6. The molecule has 0 radical (unpaired) electrons. The Kier molecular flexibility index (Phi) is 8.25. The highest BCUT2D eigenvalue weighted by atomic mass is 79.9. The van der Waals surface area contributed by atoms with Crippen molar-refractivity contribution in [3.63, 3.8) is 0 Å². The van der Waals surface area contributed by atoms with Crippen LogP contribution in [0.1, 0.15) is 37.9 Å². The average Bonchev–Trinajstić information content (AvgIpc) is 3.29. The zero-order valence-electron chi connectivity index (χ0n) is 22.5. The van der Waals surface area contributed by atoms with Gasteiger partial charge in [-0.2, -0.15) is 5.10 Å². The number of nitrogens with one attached hydrogen (secondary N) is 1. The topological polar surface area (TPSA) is 150 Å². The molecule has 0 saturated carbocycles. The summed E-state index contributed by atoms with van der Waals surface area (Å²) in [7, 11) is 1.82. The van der Waals surface area contributed by atoms with Gasteiger partial charge in [-0.25, -0.2) is 10.8 Å². The summed E-state index contributed by atoms with van der Waals surface area (Å²) in [6, 6.07) is 9.96. The zero-order chi connectivity index (χ0) is 29.3. The van der Waals surface area contributed by atoms with Gasteiger partial charge in [0, 0.05) is 41.4 Å². The highest BCUT2D eigenvalue weighted by Gasteiger charge is 2.24. The highest BCUT2D eigenvalue weighted by molar-refractivity contribution is 9.11. The van der Waals surface area contributed by atoms with Gasteiger partial charge < -0.3 is 11.1 Å². The third-order valence-corrected chi connectivity index (χ3v) is 7.54. The zero-order valence-corrected chi connectivity index (χ0v) is 24.8. The number of aryl methyl sites for hydroxylation is 1. The van der Waals surface area contributed by atoms with Crippen LogP contribution >= 0.6 is 27.5 Å². The molecule has 2 atom stereocenters. The summed E-state index contributed by atoms with van der Waals surface area (Å²) in [5.41, 5.74) is 9.92. The number of carbonyl (C=O) groups excluding carboxylic acids is 1. The van der Waals surface area contributed by atoms with Gasteiger partial charge in [0.2, 0.25) is 5.91 Å². The Balaban J connectivity index is 1.59. The molecule has 2 bridgehead atoms. The monoisotopic (exact) mass is 637 g/mol. The summed E-state index contributed by atoms with van der Waals surface area (Å²) >= 11 is 9.47. The van der Waals surface area contributed by atoms with Crippen LogP contribution < -0.4 is 27.5 Å². The second-order valence-electron chi connectivity index (χ2n) is 9.94. The van der Waals surface area contributed by atoms with Gasteiger partial charge in [-0.15, -0.1) is 0 Å². The lowest BCUT2D eigenvalue weighted by Gasteiger charge is -2.22. The van der Waals surface area contributed by atoms with Crippen LogP contribution in [-0.2, 0) is 11.8 Å². The third kappa shape index (κ3) is 6.04. The van der Waals surface area contributed by atoms with Crippen molar-refractivity contribution >= 4 is 44.8 Å². The number of rotatable bonds is 4. The molecule has 4 heterocycles. The lowest BCUT2D eigenvalue weighted by atomic mass is 9.97. The Morgan fingerprint density at radius 2 is 2.00 bits per heavy atom. The van der Waals surface area contributed by atoms with Crippen LogP contribution in [0.4, 0.5) is 11.4 Å². The van der Waals surface area contributed by atoms with E-state index in [9.17, 15) is 9.59 Å². The number of benzene rings is 1. The third-order valence-electron chi connectivity index (χ3n) is 7.10. The minimum Gasteiger partial charge on any atom is -0.392 e. The van der Waals surface area contributed by atoms with Gasteiger partial charge in [0.15, 0.2) is 0 Å². The van der Waals surface area contributed by atoms with Crippen molar-refractivity contribution in [2.45, 2.75) is 32.2 Å². The highest BCUT2D eigenvalue weighted by Crippen LogP contribution is 2.34. The van der Waals surface area contributed by atoms with Crippen molar-refractivity contribution in [3.8, 4) is 22.5 Å². The van der Waals surface area contributed by atoms with Crippen LogP contribution in [0.2, 0.25) is 5.02 Å². The van der Waals surface area contributed by atoms with Crippen molar-refractivity contribution in [3.05, 3.63) is 87.0 Å². The number of nitrogens with two attached hydrogens (primary N) is 2. The molecule has 0 spiro atoms. The lowest BCUT2D eigenvalue weighted by molar-refractivity contribution is -0.119. The predicted octanol–water partition coefficient (Wildman–Crippen LogP) is 4.54. The number of halogens is 2. The molecule has 1 aromatic carbocycles. The molecule has 0 fully saturated rings. The van der Waals surface area contributed by atoms with Crippen molar-refractivity contribution in [2.75, 3.05) is 10.3 Å². The molecular formula is C28H29BrClN9O2. The van der Waals surface area contributed by atoms with Gasteiger partial charge in [-0.3, -0.25) is 28.8 Å². The van der Waals surface area contributed by atoms with Crippen molar-refractivity contribution in [1.82, 2.24) is 24.3 Å². The number of pyridine rings is 1. The number of hydrazine groups is 1. The van der Waals surface area contributed by atoms with Crippen molar-refractivity contribution in [1.29, 1.82) is 0 Å². The fraction of sp³-hybridized carbons (Fsp3) is 0.250. The molecule has 1 aliphatic heterocycles. The fourth-order valence-electron chi connectivity index (χ4n) is 5.02. The van der Waals surface area contributed by atoms with Crippen LogP contribution in [0.25, 0.3) is 22.5 Å². The molecule has 41 heavy (non-hydrogen) atoms. The number of aromatic nitrogens is 5. The van der Waals surface area contributed by atoms with Crippen LogP contribution in [0.3, 0.4) is 0 Å². The standard InChI is InChI=1S/C28H29BrClN9O2/c1-16-4-3-5-24(21-10-17(8-9-33-21)27-22(36-28(16)41)13-35-37(27)2)38-15-34-20(12-26(38)40)19-11-18(30)6-7-23(19)39(32)14-25(29)31/h6-16,24H,3-5,31-32H2,1-2H3,(H,36,41)/b25-14-. The first-order chi connectivity index (χ1) is 19.6. The number of anilines is 2. The number of hydrogen-bond donors (Lipinski definition) is 3. The molecule has 1 amide bonds. The molecule has 11 nitrogen and oxygen atoms in total. The Bertz CT molecular complexity index is 1700. The van der Waals surface area contributed by atoms with Crippen LogP contribution in [0.5, 0.6) is 0 Å². The summed E-state index contributed by atoms with van der Waals surface area (Å²) in [5, 5.41) is 9.16. The Morgan fingerprint density at radius 3 is 2.76 bits per heavy atom. The molecule has 3 aromatic heterocycles. The second-order valence-corrected chi connectivity index (χ2v) is 11.3. The molecule has 5 rings (SSSR count). The van der Waals surface area contributed by atoms with E-state index in [1.54, 1.807) is 39.8 Å². The molecule has 212 valence electrons. The molecule has 1 aliphatic rings. The Morgan fingerprint density at radius 1 is 1.20 bits per heavy atom. The smallest absolute Gasteiger partial charge is 0.254 e. The molecule has 0 saturated heterocycles. The minimum absolute atomic E-state index is 0.0726. The number of carbonyl (C=O) groups is 1. The normalized spacial score (nSPS) is 17.7. The first-order valence-corrected chi connectivity index (χ1v) is 14.1. The summed E-state index contributed by atoms with van der Waals surface area (Å²) in [6.45, 7) is 1.90. The summed E-state index contributed by atoms with van der Waals surface area (Å²) in [6.07, 6.45) is 8.28. The Hall–Kier alpha value is -4.00. The summed E-state index contributed by atoms with van der Waals surface area (Å²) < 4.78 is 3.62. The van der Waals surface area contributed by atoms with E-state index >= 15 is 0 Å². The lowest BCUT2D eigenvalue weighted by Crippen LogP contribution is -2.28. The van der Waals surface area contributed by atoms with E-state index < -0.39 is 6.04 Å². The van der Waals surface area contributed by atoms with Crippen LogP contribution in [-0.4, -0.2) is 30.2 Å². The van der Waals surface area contributed by atoms with E-state index in [-0.39, 0.29) is 17.4 Å². The van der Waals surface area contributed by atoms with Gasteiger partial charge in [-0.1, -0.05) is 24.9 Å². The molecular weight excluding hydrogens is 610 g/mol. The second kappa shape index (κ2) is 11.9. The van der Waals surface area contributed by atoms with Gasteiger partial charge in [0.25, 0.3) is 5.56 Å². The Labute approximate surface area is 249 Å². The van der Waals surface area contributed by atoms with Crippen LogP contribution in [0, 0.1) is 5.92 Å². The molecule has 5 N–H and O–H groups in total. The predicted molar refractivity (Wildman–Crippen MR) is 163 cm³/mol. The van der Waals surface area contributed by atoms with E-state index in [0.29, 0.717) is 57.2 Å².